The lowest BCUT2D eigenvalue weighted by atomic mass is 9.64. The van der Waals surface area contributed by atoms with Crippen LogP contribution in [0.5, 0.6) is 0 Å². The summed E-state index contributed by atoms with van der Waals surface area (Å²) in [6.45, 7) is 9.16. The molecule has 1 aliphatic rings. The first-order chi connectivity index (χ1) is 7.33. The maximum Gasteiger partial charge on any atom is 0.303 e. The van der Waals surface area contributed by atoms with Gasteiger partial charge in [-0.2, -0.15) is 0 Å². The topological polar surface area (TPSA) is 46.5 Å². The van der Waals surface area contributed by atoms with E-state index in [9.17, 15) is 4.79 Å². The Morgan fingerprint density at radius 1 is 1.50 bits per heavy atom. The van der Waals surface area contributed by atoms with E-state index in [4.69, 9.17) is 9.84 Å². The second-order valence-corrected chi connectivity index (χ2v) is 5.67. The summed E-state index contributed by atoms with van der Waals surface area (Å²) in [5.74, 6) is -0.299. The standard InChI is InChI=1S/C13H24O3/c1-5-12(4)9-13(10(2)3,6-7-16-12)8-11(14)15/h10H,5-9H2,1-4H3,(H,14,15)/t12-,13-/m1/s1. The van der Waals surface area contributed by atoms with Crippen LogP contribution >= 0.6 is 0 Å². The van der Waals surface area contributed by atoms with E-state index < -0.39 is 5.97 Å². The molecule has 0 aromatic rings. The van der Waals surface area contributed by atoms with E-state index in [0.29, 0.717) is 12.5 Å². The molecular formula is C13H24O3. The Kier molecular flexibility index (Phi) is 4.00. The number of hydrogen-bond donors (Lipinski definition) is 1. The molecular weight excluding hydrogens is 204 g/mol. The largest absolute Gasteiger partial charge is 0.481 e. The summed E-state index contributed by atoms with van der Waals surface area (Å²) in [5, 5.41) is 9.08. The normalized spacial score (nSPS) is 35.3. The fourth-order valence-electron chi connectivity index (χ4n) is 2.76. The van der Waals surface area contributed by atoms with E-state index in [0.717, 1.165) is 19.3 Å². The zero-order chi connectivity index (χ0) is 12.4. The molecule has 0 amide bonds. The molecule has 3 nitrogen and oxygen atoms in total. The van der Waals surface area contributed by atoms with Gasteiger partial charge in [0.05, 0.1) is 12.0 Å². The highest BCUT2D eigenvalue weighted by Gasteiger charge is 2.45. The highest BCUT2D eigenvalue weighted by Crippen LogP contribution is 2.47. The van der Waals surface area contributed by atoms with Gasteiger partial charge in [-0.1, -0.05) is 20.8 Å². The Labute approximate surface area is 98.2 Å². The molecule has 0 aromatic heterocycles. The summed E-state index contributed by atoms with van der Waals surface area (Å²) >= 11 is 0. The summed E-state index contributed by atoms with van der Waals surface area (Å²) in [6.07, 6.45) is 2.94. The van der Waals surface area contributed by atoms with Crippen molar-refractivity contribution in [2.45, 2.75) is 59.0 Å². The molecule has 1 N–H and O–H groups in total. The molecule has 1 fully saturated rings. The first-order valence-electron chi connectivity index (χ1n) is 6.19. The van der Waals surface area contributed by atoms with Crippen molar-refractivity contribution in [1.29, 1.82) is 0 Å². The van der Waals surface area contributed by atoms with Gasteiger partial charge >= 0.3 is 5.97 Å². The molecule has 1 rings (SSSR count). The number of aliphatic carboxylic acids is 1. The molecule has 3 heteroatoms. The molecule has 0 unspecified atom stereocenters. The number of hydrogen-bond acceptors (Lipinski definition) is 2. The van der Waals surface area contributed by atoms with Crippen molar-refractivity contribution in [2.24, 2.45) is 11.3 Å². The van der Waals surface area contributed by atoms with Gasteiger partial charge in [0.2, 0.25) is 0 Å². The monoisotopic (exact) mass is 228 g/mol. The number of carboxylic acids is 1. The maximum absolute atomic E-state index is 11.0. The summed E-state index contributed by atoms with van der Waals surface area (Å²) in [6, 6.07) is 0. The van der Waals surface area contributed by atoms with Crippen molar-refractivity contribution in [2.75, 3.05) is 6.61 Å². The summed E-state index contributed by atoms with van der Waals surface area (Å²) in [4.78, 5) is 11.0. The number of ether oxygens (including phenoxy) is 1. The Bertz CT molecular complexity index is 262. The van der Waals surface area contributed by atoms with E-state index >= 15 is 0 Å². The molecule has 94 valence electrons. The molecule has 2 atom stereocenters. The average molecular weight is 228 g/mol. The summed E-state index contributed by atoms with van der Waals surface area (Å²) < 4.78 is 5.81. The van der Waals surface area contributed by atoms with Gasteiger partial charge < -0.3 is 9.84 Å². The first-order valence-corrected chi connectivity index (χ1v) is 6.19. The van der Waals surface area contributed by atoms with Gasteiger partial charge in [0.25, 0.3) is 0 Å². The van der Waals surface area contributed by atoms with E-state index in [1.54, 1.807) is 0 Å². The third-order valence-corrected chi connectivity index (χ3v) is 4.25. The van der Waals surface area contributed by atoms with Crippen molar-refractivity contribution in [3.63, 3.8) is 0 Å². The predicted molar refractivity (Wildman–Crippen MR) is 63.4 cm³/mol. The zero-order valence-electron chi connectivity index (χ0n) is 10.9. The van der Waals surface area contributed by atoms with Crippen LogP contribution in [0.15, 0.2) is 0 Å². The van der Waals surface area contributed by atoms with Crippen LogP contribution < -0.4 is 0 Å². The second kappa shape index (κ2) is 4.74. The molecule has 0 aliphatic carbocycles. The van der Waals surface area contributed by atoms with Crippen molar-refractivity contribution < 1.29 is 14.6 Å². The molecule has 1 saturated heterocycles. The van der Waals surface area contributed by atoms with Crippen LogP contribution in [0, 0.1) is 11.3 Å². The van der Waals surface area contributed by atoms with Gasteiger partial charge in [0.1, 0.15) is 0 Å². The predicted octanol–water partition coefficient (Wildman–Crippen LogP) is 3.08. The maximum atomic E-state index is 11.0. The van der Waals surface area contributed by atoms with Crippen LogP contribution in [0.3, 0.4) is 0 Å². The van der Waals surface area contributed by atoms with Crippen molar-refractivity contribution in [3.05, 3.63) is 0 Å². The number of rotatable bonds is 4. The van der Waals surface area contributed by atoms with Crippen LogP contribution in [0.1, 0.15) is 53.4 Å². The van der Waals surface area contributed by atoms with E-state index in [1.807, 2.05) is 0 Å². The van der Waals surface area contributed by atoms with Gasteiger partial charge in [0.15, 0.2) is 0 Å². The van der Waals surface area contributed by atoms with Gasteiger partial charge in [-0.25, -0.2) is 0 Å². The highest BCUT2D eigenvalue weighted by molar-refractivity contribution is 5.67. The molecule has 0 saturated carbocycles. The van der Waals surface area contributed by atoms with Crippen LogP contribution in [0.2, 0.25) is 0 Å². The van der Waals surface area contributed by atoms with Crippen LogP contribution in [-0.4, -0.2) is 23.3 Å². The Morgan fingerprint density at radius 3 is 2.56 bits per heavy atom. The van der Waals surface area contributed by atoms with E-state index in [1.165, 1.54) is 0 Å². The first kappa shape index (κ1) is 13.5. The summed E-state index contributed by atoms with van der Waals surface area (Å²) in [5.41, 5.74) is -0.229. The molecule has 1 heterocycles. The SMILES string of the molecule is CC[C@]1(C)C[C@@](CC(=O)O)(C(C)C)CCO1. The van der Waals surface area contributed by atoms with Crippen LogP contribution in [0.25, 0.3) is 0 Å². The lowest BCUT2D eigenvalue weighted by Gasteiger charge is -2.48. The molecule has 0 spiro atoms. The van der Waals surface area contributed by atoms with Crippen molar-refractivity contribution in [3.8, 4) is 0 Å². The molecule has 1 aliphatic heterocycles. The lowest BCUT2D eigenvalue weighted by Crippen LogP contribution is -2.46. The molecule has 0 aromatic carbocycles. The fraction of sp³-hybridized carbons (Fsp3) is 0.923. The second-order valence-electron chi connectivity index (χ2n) is 5.67. The van der Waals surface area contributed by atoms with Crippen LogP contribution in [-0.2, 0) is 9.53 Å². The Hall–Kier alpha value is -0.570. The molecule has 16 heavy (non-hydrogen) atoms. The van der Waals surface area contributed by atoms with E-state index in [-0.39, 0.29) is 17.4 Å². The Morgan fingerprint density at radius 2 is 2.12 bits per heavy atom. The Balaban J connectivity index is 2.88. The summed E-state index contributed by atoms with van der Waals surface area (Å²) in [7, 11) is 0. The van der Waals surface area contributed by atoms with E-state index in [2.05, 4.69) is 27.7 Å². The van der Waals surface area contributed by atoms with Crippen LogP contribution in [0.4, 0.5) is 0 Å². The van der Waals surface area contributed by atoms with Gasteiger partial charge in [0, 0.05) is 6.61 Å². The van der Waals surface area contributed by atoms with Crippen molar-refractivity contribution >= 4 is 5.97 Å². The van der Waals surface area contributed by atoms with Gasteiger partial charge in [-0.3, -0.25) is 4.79 Å². The zero-order valence-corrected chi connectivity index (χ0v) is 10.9. The van der Waals surface area contributed by atoms with Crippen molar-refractivity contribution in [1.82, 2.24) is 0 Å². The average Bonchev–Trinajstić information content (AvgIpc) is 2.16. The van der Waals surface area contributed by atoms with Gasteiger partial charge in [-0.05, 0) is 37.5 Å². The minimum Gasteiger partial charge on any atom is -0.481 e. The highest BCUT2D eigenvalue weighted by atomic mass is 16.5. The molecule has 0 radical (unpaired) electrons. The third kappa shape index (κ3) is 2.76. The fourth-order valence-corrected chi connectivity index (χ4v) is 2.76. The molecule has 0 bridgehead atoms. The quantitative estimate of drug-likeness (QED) is 0.804. The minimum absolute atomic E-state index is 0.0884. The smallest absolute Gasteiger partial charge is 0.303 e. The minimum atomic E-state index is -0.686. The number of carboxylic acid groups (broad SMARTS) is 1. The third-order valence-electron chi connectivity index (χ3n) is 4.25. The lowest BCUT2D eigenvalue weighted by molar-refractivity contribution is -0.155. The van der Waals surface area contributed by atoms with Gasteiger partial charge in [-0.15, -0.1) is 0 Å². The number of carbonyl (C=O) groups is 1.